The van der Waals surface area contributed by atoms with Gasteiger partial charge < -0.3 is 5.73 Å². The van der Waals surface area contributed by atoms with E-state index in [4.69, 9.17) is 28.9 Å². The maximum absolute atomic E-state index is 5.98. The molecule has 6 nitrogen and oxygen atoms in total. The van der Waals surface area contributed by atoms with Crippen LogP contribution in [0.2, 0.25) is 10.2 Å². The molecule has 0 bridgehead atoms. The van der Waals surface area contributed by atoms with Crippen LogP contribution in [-0.4, -0.2) is 24.7 Å². The van der Waals surface area contributed by atoms with Crippen LogP contribution < -0.4 is 5.73 Å². The lowest BCUT2D eigenvalue weighted by Gasteiger charge is -2.06. The number of hydrogen-bond donors (Lipinski definition) is 1. The molecule has 0 aliphatic heterocycles. The smallest absolute Gasteiger partial charge is 0.183 e. The van der Waals surface area contributed by atoms with Gasteiger partial charge in [0.15, 0.2) is 17.5 Å². The van der Waals surface area contributed by atoms with Crippen LogP contribution in [0.3, 0.4) is 0 Å². The van der Waals surface area contributed by atoms with Crippen molar-refractivity contribution in [2.24, 2.45) is 5.73 Å². The summed E-state index contributed by atoms with van der Waals surface area (Å²) in [5.74, 6) is 1.70. The number of halogens is 2. The van der Waals surface area contributed by atoms with E-state index in [9.17, 15) is 0 Å². The molecule has 0 amide bonds. The summed E-state index contributed by atoms with van der Waals surface area (Å²) in [6.07, 6.45) is 3.16. The molecule has 0 radical (unpaired) electrons. The van der Waals surface area contributed by atoms with Crippen LogP contribution in [0.5, 0.6) is 0 Å². The van der Waals surface area contributed by atoms with Crippen LogP contribution in [0.4, 0.5) is 0 Å². The summed E-state index contributed by atoms with van der Waals surface area (Å²) in [6.45, 7) is 1.83. The molecule has 0 fully saturated rings. The maximum Gasteiger partial charge on any atom is 0.183 e. The SMILES string of the molecule is CC(N)c1nc(-c2ccc(Cl)nc2)nn1-c1ccc(Cl)cn1. The molecule has 0 saturated heterocycles. The molecule has 0 aromatic carbocycles. The Morgan fingerprint density at radius 3 is 2.50 bits per heavy atom. The van der Waals surface area contributed by atoms with Crippen LogP contribution >= 0.6 is 23.2 Å². The highest BCUT2D eigenvalue weighted by atomic mass is 35.5. The largest absolute Gasteiger partial charge is 0.322 e. The second kappa shape index (κ2) is 6.00. The van der Waals surface area contributed by atoms with E-state index in [2.05, 4.69) is 20.1 Å². The van der Waals surface area contributed by atoms with Gasteiger partial charge in [-0.15, -0.1) is 5.10 Å². The first-order valence-electron chi connectivity index (χ1n) is 6.51. The molecule has 112 valence electrons. The minimum absolute atomic E-state index is 0.306. The van der Waals surface area contributed by atoms with Gasteiger partial charge in [0.1, 0.15) is 5.15 Å². The lowest BCUT2D eigenvalue weighted by molar-refractivity contribution is 0.681. The number of rotatable bonds is 3. The molecule has 0 spiro atoms. The minimum Gasteiger partial charge on any atom is -0.322 e. The van der Waals surface area contributed by atoms with E-state index in [1.54, 1.807) is 41.3 Å². The Hall–Kier alpha value is -2.02. The van der Waals surface area contributed by atoms with Crippen LogP contribution in [0.25, 0.3) is 17.2 Å². The zero-order valence-electron chi connectivity index (χ0n) is 11.6. The maximum atomic E-state index is 5.98. The molecule has 22 heavy (non-hydrogen) atoms. The van der Waals surface area contributed by atoms with Crippen molar-refractivity contribution in [2.75, 3.05) is 0 Å². The summed E-state index contributed by atoms with van der Waals surface area (Å²) in [5.41, 5.74) is 6.73. The van der Waals surface area contributed by atoms with Gasteiger partial charge >= 0.3 is 0 Å². The molecule has 3 aromatic heterocycles. The average molecular weight is 335 g/mol. The first-order chi connectivity index (χ1) is 10.5. The summed E-state index contributed by atoms with van der Waals surface area (Å²) >= 11 is 11.7. The molecule has 0 aliphatic rings. The predicted molar refractivity (Wildman–Crippen MR) is 85.0 cm³/mol. The molecule has 3 heterocycles. The summed E-state index contributed by atoms with van der Waals surface area (Å²) < 4.78 is 1.60. The van der Waals surface area contributed by atoms with Gasteiger partial charge in [0.05, 0.1) is 11.1 Å². The first-order valence-corrected chi connectivity index (χ1v) is 7.26. The fourth-order valence-electron chi connectivity index (χ4n) is 1.91. The molecule has 3 rings (SSSR count). The highest BCUT2D eigenvalue weighted by molar-refractivity contribution is 6.30. The van der Waals surface area contributed by atoms with Gasteiger partial charge in [0.25, 0.3) is 0 Å². The fourth-order valence-corrected chi connectivity index (χ4v) is 2.13. The van der Waals surface area contributed by atoms with Crippen molar-refractivity contribution in [1.82, 2.24) is 24.7 Å². The van der Waals surface area contributed by atoms with Gasteiger partial charge in [-0.3, -0.25) is 0 Å². The van der Waals surface area contributed by atoms with Gasteiger partial charge in [-0.2, -0.15) is 4.68 Å². The summed E-state index contributed by atoms with van der Waals surface area (Å²) in [7, 11) is 0. The number of hydrogen-bond acceptors (Lipinski definition) is 5. The second-order valence-electron chi connectivity index (χ2n) is 4.70. The molecule has 2 N–H and O–H groups in total. The van der Waals surface area contributed by atoms with Crippen molar-refractivity contribution in [3.05, 3.63) is 52.7 Å². The Morgan fingerprint density at radius 1 is 1.09 bits per heavy atom. The van der Waals surface area contributed by atoms with Crippen LogP contribution in [0.15, 0.2) is 36.7 Å². The quantitative estimate of drug-likeness (QED) is 0.744. The number of pyridine rings is 2. The van der Waals surface area contributed by atoms with E-state index in [1.165, 1.54) is 0 Å². The molecule has 0 aliphatic carbocycles. The fraction of sp³-hybridized carbons (Fsp3) is 0.143. The third-order valence-corrected chi connectivity index (χ3v) is 3.40. The topological polar surface area (TPSA) is 82.5 Å². The lowest BCUT2D eigenvalue weighted by Crippen LogP contribution is -2.14. The van der Waals surface area contributed by atoms with Gasteiger partial charge in [-0.25, -0.2) is 15.0 Å². The number of nitrogens with zero attached hydrogens (tertiary/aromatic N) is 5. The minimum atomic E-state index is -0.306. The Balaban J connectivity index is 2.09. The molecule has 8 heteroatoms. The van der Waals surface area contributed by atoms with E-state index in [-0.39, 0.29) is 6.04 Å². The number of aromatic nitrogens is 5. The third kappa shape index (κ3) is 2.94. The normalized spacial score (nSPS) is 12.4. The van der Waals surface area contributed by atoms with Gasteiger partial charge in [-0.05, 0) is 31.2 Å². The molecule has 1 unspecified atom stereocenters. The van der Waals surface area contributed by atoms with Crippen molar-refractivity contribution in [3.63, 3.8) is 0 Å². The van der Waals surface area contributed by atoms with Crippen molar-refractivity contribution in [3.8, 4) is 17.2 Å². The van der Waals surface area contributed by atoms with E-state index >= 15 is 0 Å². The van der Waals surface area contributed by atoms with Crippen LogP contribution in [0.1, 0.15) is 18.8 Å². The zero-order valence-corrected chi connectivity index (χ0v) is 13.1. The Labute approximate surface area is 136 Å². The van der Waals surface area contributed by atoms with Crippen LogP contribution in [0, 0.1) is 0 Å². The Kier molecular flexibility index (Phi) is 4.06. The molecule has 0 saturated carbocycles. The van der Waals surface area contributed by atoms with Crippen molar-refractivity contribution in [2.45, 2.75) is 13.0 Å². The highest BCUT2D eigenvalue weighted by Gasteiger charge is 2.17. The standard InChI is InChI=1S/C14H12Cl2N6/c1-8(17)14-20-13(9-2-4-11(16)18-6-9)21-22(14)12-5-3-10(15)7-19-12/h2-8H,17H2,1H3. The van der Waals surface area contributed by atoms with Crippen molar-refractivity contribution in [1.29, 1.82) is 0 Å². The van der Waals surface area contributed by atoms with Gasteiger partial charge in [-0.1, -0.05) is 23.2 Å². The summed E-state index contributed by atoms with van der Waals surface area (Å²) in [6, 6.07) is 6.67. The summed E-state index contributed by atoms with van der Waals surface area (Å²) in [4.78, 5) is 12.8. The number of nitrogens with two attached hydrogens (primary N) is 1. The van der Waals surface area contributed by atoms with Gasteiger partial charge in [0, 0.05) is 18.0 Å². The van der Waals surface area contributed by atoms with Gasteiger partial charge in [0.2, 0.25) is 0 Å². The second-order valence-corrected chi connectivity index (χ2v) is 5.52. The Morgan fingerprint density at radius 2 is 1.91 bits per heavy atom. The van der Waals surface area contributed by atoms with Crippen molar-refractivity contribution < 1.29 is 0 Å². The van der Waals surface area contributed by atoms with E-state index in [0.717, 1.165) is 5.56 Å². The third-order valence-electron chi connectivity index (χ3n) is 2.95. The lowest BCUT2D eigenvalue weighted by atomic mass is 10.3. The first kappa shape index (κ1) is 14.9. The molecular formula is C14H12Cl2N6. The predicted octanol–water partition coefficient (Wildman–Crippen LogP) is 3.05. The molecule has 1 atom stereocenters. The zero-order chi connectivity index (χ0) is 15.7. The molecular weight excluding hydrogens is 323 g/mol. The molecule has 3 aromatic rings. The van der Waals surface area contributed by atoms with Crippen molar-refractivity contribution >= 4 is 23.2 Å². The monoisotopic (exact) mass is 334 g/mol. The van der Waals surface area contributed by atoms with E-state index in [1.807, 2.05) is 6.92 Å². The highest BCUT2D eigenvalue weighted by Crippen LogP contribution is 2.21. The Bertz CT molecular complexity index is 780. The van der Waals surface area contributed by atoms with Crippen LogP contribution in [-0.2, 0) is 0 Å². The average Bonchev–Trinajstić information content (AvgIpc) is 2.94. The summed E-state index contributed by atoms with van der Waals surface area (Å²) in [5, 5.41) is 5.43. The van der Waals surface area contributed by atoms with E-state index < -0.39 is 0 Å². The van der Waals surface area contributed by atoms with E-state index in [0.29, 0.717) is 27.6 Å².